The summed E-state index contributed by atoms with van der Waals surface area (Å²) in [7, 11) is 0. The van der Waals surface area contributed by atoms with Crippen molar-refractivity contribution in [3.63, 3.8) is 0 Å². The highest BCUT2D eigenvalue weighted by atomic mass is 32.2. The van der Waals surface area contributed by atoms with Crippen LogP contribution in [-0.2, 0) is 4.79 Å². The smallest absolute Gasteiger partial charge is 0.288 e. The molecule has 0 heterocycles. The maximum Gasteiger partial charge on any atom is 0.288 e. The number of thioether (sulfide) groups is 1. The summed E-state index contributed by atoms with van der Waals surface area (Å²) in [6.45, 7) is 1.69. The van der Waals surface area contributed by atoms with Crippen molar-refractivity contribution in [3.8, 4) is 6.07 Å². The van der Waals surface area contributed by atoms with Crippen molar-refractivity contribution in [2.24, 2.45) is 0 Å². The number of hydrogen-bond acceptors (Lipinski definition) is 4. The Kier molecular flexibility index (Phi) is 6.15. The number of amides is 1. The van der Waals surface area contributed by atoms with Gasteiger partial charge in [0.15, 0.2) is 0 Å². The van der Waals surface area contributed by atoms with E-state index in [4.69, 9.17) is 5.26 Å². The number of rotatable bonds is 6. The molecule has 0 saturated heterocycles. The quantitative estimate of drug-likeness (QED) is 0.764. The van der Waals surface area contributed by atoms with Gasteiger partial charge in [-0.25, -0.2) is 0 Å². The minimum atomic E-state index is -2.46. The first-order chi connectivity index (χ1) is 11.5. The molecule has 0 spiro atoms. The first-order valence-electron chi connectivity index (χ1n) is 7.10. The largest absolute Gasteiger partial charge is 0.374 e. The molecule has 0 aliphatic carbocycles. The summed E-state index contributed by atoms with van der Waals surface area (Å²) >= 11 is 0.471. The van der Waals surface area contributed by atoms with Crippen molar-refractivity contribution in [1.29, 1.82) is 5.26 Å². The van der Waals surface area contributed by atoms with Gasteiger partial charge in [-0.1, -0.05) is 17.8 Å². The average Bonchev–Trinajstić information content (AvgIpc) is 2.56. The molecule has 0 bridgehead atoms. The van der Waals surface area contributed by atoms with E-state index in [0.29, 0.717) is 33.6 Å². The van der Waals surface area contributed by atoms with Crippen LogP contribution in [0.5, 0.6) is 0 Å². The van der Waals surface area contributed by atoms with Gasteiger partial charge in [0.05, 0.1) is 11.6 Å². The zero-order chi connectivity index (χ0) is 17.5. The second-order valence-electron chi connectivity index (χ2n) is 4.95. The van der Waals surface area contributed by atoms with Crippen LogP contribution >= 0.6 is 11.8 Å². The molecular weight excluding hydrogens is 332 g/mol. The molecule has 24 heavy (non-hydrogen) atoms. The lowest BCUT2D eigenvalue weighted by atomic mass is 10.2. The lowest BCUT2D eigenvalue weighted by molar-refractivity contribution is -0.116. The lowest BCUT2D eigenvalue weighted by Gasteiger charge is -2.15. The summed E-state index contributed by atoms with van der Waals surface area (Å²) in [4.78, 5) is 12.6. The minimum Gasteiger partial charge on any atom is -0.374 e. The van der Waals surface area contributed by atoms with E-state index in [0.717, 1.165) is 0 Å². The first kappa shape index (κ1) is 17.8. The van der Waals surface area contributed by atoms with Crippen molar-refractivity contribution >= 4 is 29.0 Å². The maximum absolute atomic E-state index is 12.3. The zero-order valence-corrected chi connectivity index (χ0v) is 13.6. The second kappa shape index (κ2) is 8.31. The van der Waals surface area contributed by atoms with E-state index in [1.807, 2.05) is 6.07 Å². The van der Waals surface area contributed by atoms with Gasteiger partial charge in [-0.15, -0.1) is 0 Å². The summed E-state index contributed by atoms with van der Waals surface area (Å²) in [5, 5.41) is 14.6. The number of hydrogen-bond donors (Lipinski definition) is 2. The van der Waals surface area contributed by atoms with Crippen molar-refractivity contribution in [2.45, 2.75) is 23.6 Å². The third-order valence-electron chi connectivity index (χ3n) is 3.12. The van der Waals surface area contributed by atoms with Gasteiger partial charge in [0.1, 0.15) is 6.04 Å². The van der Waals surface area contributed by atoms with Crippen LogP contribution in [0.3, 0.4) is 0 Å². The number of nitrogens with zero attached hydrogens (tertiary/aromatic N) is 1. The molecule has 2 aromatic carbocycles. The van der Waals surface area contributed by atoms with Crippen molar-refractivity contribution in [1.82, 2.24) is 0 Å². The number of benzene rings is 2. The van der Waals surface area contributed by atoms with Gasteiger partial charge in [0.25, 0.3) is 5.76 Å². The topological polar surface area (TPSA) is 64.9 Å². The number of carbonyl (C=O) groups excluding carboxylic acids is 1. The average molecular weight is 347 g/mol. The molecule has 0 aromatic heterocycles. The highest BCUT2D eigenvalue weighted by Gasteiger charge is 2.13. The predicted molar refractivity (Wildman–Crippen MR) is 91.2 cm³/mol. The van der Waals surface area contributed by atoms with Gasteiger partial charge in [-0.3, -0.25) is 4.79 Å². The molecule has 7 heteroatoms. The van der Waals surface area contributed by atoms with Crippen molar-refractivity contribution < 1.29 is 13.6 Å². The molecule has 0 saturated carbocycles. The lowest BCUT2D eigenvalue weighted by Crippen LogP contribution is -2.31. The molecule has 2 rings (SSSR count). The van der Waals surface area contributed by atoms with Crippen LogP contribution in [0.25, 0.3) is 0 Å². The van der Waals surface area contributed by atoms with E-state index in [-0.39, 0.29) is 5.91 Å². The highest BCUT2D eigenvalue weighted by Crippen LogP contribution is 2.26. The Hall–Kier alpha value is -2.59. The highest BCUT2D eigenvalue weighted by molar-refractivity contribution is 7.99. The number of nitriles is 1. The van der Waals surface area contributed by atoms with Crippen LogP contribution < -0.4 is 10.6 Å². The Bertz CT molecular complexity index is 744. The third-order valence-corrected chi connectivity index (χ3v) is 3.84. The molecule has 2 aromatic rings. The summed E-state index contributed by atoms with van der Waals surface area (Å²) in [6.07, 6.45) is 0. The van der Waals surface area contributed by atoms with Gasteiger partial charge in [0, 0.05) is 16.3 Å². The number of anilines is 2. The number of carbonyl (C=O) groups is 1. The molecule has 2 N–H and O–H groups in total. The van der Waals surface area contributed by atoms with Crippen LogP contribution in [0.2, 0.25) is 0 Å². The SMILES string of the molecule is C[C@H](Nc1ccc(SC(F)F)cc1)C(=O)Nc1cccc(C#N)c1. The van der Waals surface area contributed by atoms with Crippen LogP contribution in [0.4, 0.5) is 20.2 Å². The molecule has 4 nitrogen and oxygen atoms in total. The maximum atomic E-state index is 12.3. The summed E-state index contributed by atoms with van der Waals surface area (Å²) in [5.74, 6) is -2.73. The first-order valence-corrected chi connectivity index (χ1v) is 7.98. The van der Waals surface area contributed by atoms with Crippen LogP contribution in [0, 0.1) is 11.3 Å². The summed E-state index contributed by atoms with van der Waals surface area (Å²) in [5.41, 5.74) is 1.65. The van der Waals surface area contributed by atoms with E-state index in [2.05, 4.69) is 10.6 Å². The number of alkyl halides is 2. The van der Waals surface area contributed by atoms with Gasteiger partial charge in [-0.05, 0) is 49.4 Å². The summed E-state index contributed by atoms with van der Waals surface area (Å²) < 4.78 is 24.5. The van der Waals surface area contributed by atoms with Gasteiger partial charge < -0.3 is 10.6 Å². The van der Waals surface area contributed by atoms with Gasteiger partial charge in [-0.2, -0.15) is 14.0 Å². The standard InChI is InChI=1S/C17H15F2N3OS/c1-11(16(23)22-14-4-2-3-12(9-14)10-20)21-13-5-7-15(8-6-13)24-17(18)19/h2-9,11,17,21H,1H3,(H,22,23)/t11-/m0/s1. The van der Waals surface area contributed by atoms with E-state index in [9.17, 15) is 13.6 Å². The molecule has 0 aliphatic rings. The number of nitrogens with one attached hydrogen (secondary N) is 2. The van der Waals surface area contributed by atoms with Gasteiger partial charge >= 0.3 is 0 Å². The fourth-order valence-electron chi connectivity index (χ4n) is 1.97. The fraction of sp³-hybridized carbons (Fsp3) is 0.176. The van der Waals surface area contributed by atoms with Crippen molar-refractivity contribution in [2.75, 3.05) is 10.6 Å². The van der Waals surface area contributed by atoms with Gasteiger partial charge in [0.2, 0.25) is 5.91 Å². The molecule has 0 radical (unpaired) electrons. The molecule has 124 valence electrons. The Labute approximate surface area is 142 Å². The fourth-order valence-corrected chi connectivity index (χ4v) is 2.46. The predicted octanol–water partition coefficient (Wildman–Crippen LogP) is 4.31. The Morgan fingerprint density at radius 2 is 1.88 bits per heavy atom. The Morgan fingerprint density at radius 1 is 1.17 bits per heavy atom. The number of halogens is 2. The van der Waals surface area contributed by atoms with E-state index in [1.54, 1.807) is 55.5 Å². The van der Waals surface area contributed by atoms with E-state index < -0.39 is 11.8 Å². The van der Waals surface area contributed by atoms with E-state index >= 15 is 0 Å². The Balaban J connectivity index is 1.94. The molecule has 0 unspecified atom stereocenters. The second-order valence-corrected chi connectivity index (χ2v) is 6.01. The van der Waals surface area contributed by atoms with Crippen LogP contribution in [0.15, 0.2) is 53.4 Å². The minimum absolute atomic E-state index is 0.267. The zero-order valence-electron chi connectivity index (χ0n) is 12.8. The molecule has 0 aliphatic heterocycles. The van der Waals surface area contributed by atoms with E-state index in [1.165, 1.54) is 0 Å². The summed E-state index contributed by atoms with van der Waals surface area (Å²) in [6, 6.07) is 14.5. The molecule has 0 fully saturated rings. The Morgan fingerprint density at radius 3 is 2.50 bits per heavy atom. The van der Waals surface area contributed by atoms with Crippen LogP contribution in [0.1, 0.15) is 12.5 Å². The molecule has 1 atom stereocenters. The third kappa shape index (κ3) is 5.25. The van der Waals surface area contributed by atoms with Crippen molar-refractivity contribution in [3.05, 3.63) is 54.1 Å². The molecular formula is C17H15F2N3OS. The molecule has 1 amide bonds. The monoisotopic (exact) mass is 347 g/mol. The normalized spacial score (nSPS) is 11.6. The van der Waals surface area contributed by atoms with Crippen LogP contribution in [-0.4, -0.2) is 17.7 Å².